The largest absolute Gasteiger partial charge is 0.417 e. The first-order chi connectivity index (χ1) is 6.49. The van der Waals surface area contributed by atoms with Crippen LogP contribution in [0.1, 0.15) is 16.7 Å². The number of rotatable bonds is 1. The van der Waals surface area contributed by atoms with Crippen molar-refractivity contribution in [1.29, 1.82) is 5.26 Å². The summed E-state index contributed by atoms with van der Waals surface area (Å²) in [5, 5.41) is 8.43. The Morgan fingerprint density at radius 3 is 2.36 bits per heavy atom. The maximum atomic E-state index is 12.2. The smallest absolute Gasteiger partial charge is 0.246 e. The fraction of sp³-hybridized carbons (Fsp3) is 0.222. The zero-order valence-corrected chi connectivity index (χ0v) is 6.90. The summed E-state index contributed by atoms with van der Waals surface area (Å²) < 4.78 is 48.8. The second kappa shape index (κ2) is 3.66. The van der Waals surface area contributed by atoms with E-state index in [1.165, 1.54) is 6.07 Å². The number of nitrogens with zero attached hydrogens (tertiary/aromatic N) is 1. The Balaban J connectivity index is 3.28. The molecule has 0 saturated carbocycles. The van der Waals surface area contributed by atoms with Crippen LogP contribution in [0.3, 0.4) is 0 Å². The van der Waals surface area contributed by atoms with E-state index in [-0.39, 0.29) is 5.56 Å². The first-order valence-corrected chi connectivity index (χ1v) is 3.65. The normalized spacial score (nSPS) is 11.1. The highest BCUT2D eigenvalue weighted by atomic mass is 19.4. The molecule has 0 aromatic heterocycles. The standard InChI is InChI=1S/C9H5F4N/c10-4-6-1-2-8(9(11,12)13)7(3-6)5-14/h1-3H,4H2. The molecule has 1 aromatic carbocycles. The van der Waals surface area contributed by atoms with Gasteiger partial charge >= 0.3 is 6.18 Å². The summed E-state index contributed by atoms with van der Waals surface area (Å²) in [6.07, 6.45) is -4.57. The second-order valence-corrected chi connectivity index (χ2v) is 2.62. The summed E-state index contributed by atoms with van der Waals surface area (Å²) in [7, 11) is 0. The molecule has 0 N–H and O–H groups in total. The topological polar surface area (TPSA) is 23.8 Å². The van der Waals surface area contributed by atoms with E-state index in [1.807, 2.05) is 0 Å². The van der Waals surface area contributed by atoms with Gasteiger partial charge in [-0.2, -0.15) is 18.4 Å². The van der Waals surface area contributed by atoms with Crippen molar-refractivity contribution in [1.82, 2.24) is 0 Å². The highest BCUT2D eigenvalue weighted by Crippen LogP contribution is 2.32. The van der Waals surface area contributed by atoms with Gasteiger partial charge < -0.3 is 0 Å². The van der Waals surface area contributed by atoms with Gasteiger partial charge in [-0.25, -0.2) is 4.39 Å². The summed E-state index contributed by atoms with van der Waals surface area (Å²) in [5.74, 6) is 0. The molecule has 0 amide bonds. The van der Waals surface area contributed by atoms with Gasteiger partial charge in [-0.1, -0.05) is 6.07 Å². The van der Waals surface area contributed by atoms with Gasteiger partial charge in [0, 0.05) is 0 Å². The third-order valence-electron chi connectivity index (χ3n) is 1.66. The minimum atomic E-state index is -4.57. The third kappa shape index (κ3) is 2.02. The lowest BCUT2D eigenvalue weighted by Crippen LogP contribution is -2.07. The molecule has 1 rings (SSSR count). The van der Waals surface area contributed by atoms with Crippen LogP contribution in [0.4, 0.5) is 17.6 Å². The Labute approximate surface area is 77.6 Å². The predicted octanol–water partition coefficient (Wildman–Crippen LogP) is 3.05. The minimum absolute atomic E-state index is 0.0644. The summed E-state index contributed by atoms with van der Waals surface area (Å²) in [4.78, 5) is 0. The van der Waals surface area contributed by atoms with Gasteiger partial charge in [0.2, 0.25) is 0 Å². The molecular formula is C9H5F4N. The van der Waals surface area contributed by atoms with Crippen molar-refractivity contribution in [2.45, 2.75) is 12.9 Å². The van der Waals surface area contributed by atoms with E-state index in [4.69, 9.17) is 5.26 Å². The predicted molar refractivity (Wildman–Crippen MR) is 41.0 cm³/mol. The van der Waals surface area contributed by atoms with Crippen LogP contribution in [-0.2, 0) is 12.9 Å². The molecule has 0 atom stereocenters. The summed E-state index contributed by atoms with van der Waals surface area (Å²) in [6, 6.07) is 4.03. The van der Waals surface area contributed by atoms with Crippen molar-refractivity contribution in [3.05, 3.63) is 34.9 Å². The molecule has 0 radical (unpaired) electrons. The molecule has 14 heavy (non-hydrogen) atoms. The lowest BCUT2D eigenvalue weighted by molar-refractivity contribution is -0.137. The van der Waals surface area contributed by atoms with Gasteiger partial charge in [0.25, 0.3) is 0 Å². The average molecular weight is 203 g/mol. The van der Waals surface area contributed by atoms with Crippen molar-refractivity contribution in [2.24, 2.45) is 0 Å². The summed E-state index contributed by atoms with van der Waals surface area (Å²) in [5.41, 5.74) is -1.51. The Kier molecular flexibility index (Phi) is 2.75. The second-order valence-electron chi connectivity index (χ2n) is 2.62. The van der Waals surface area contributed by atoms with Crippen molar-refractivity contribution < 1.29 is 17.6 Å². The van der Waals surface area contributed by atoms with Gasteiger partial charge in [0.05, 0.1) is 17.2 Å². The number of alkyl halides is 4. The van der Waals surface area contributed by atoms with E-state index in [0.29, 0.717) is 6.07 Å². The Hall–Kier alpha value is -1.57. The molecule has 0 aliphatic carbocycles. The molecule has 0 aliphatic heterocycles. The summed E-state index contributed by atoms with van der Waals surface area (Å²) in [6.45, 7) is -0.882. The number of hydrogen-bond acceptors (Lipinski definition) is 1. The Morgan fingerprint density at radius 2 is 1.93 bits per heavy atom. The number of halogens is 4. The lowest BCUT2D eigenvalue weighted by Gasteiger charge is -2.08. The quantitative estimate of drug-likeness (QED) is 0.643. The molecular weight excluding hydrogens is 198 g/mol. The zero-order chi connectivity index (χ0) is 10.8. The number of nitriles is 1. The molecule has 0 spiro atoms. The van der Waals surface area contributed by atoms with Crippen molar-refractivity contribution in [3.63, 3.8) is 0 Å². The molecule has 1 nitrogen and oxygen atoms in total. The molecule has 5 heteroatoms. The van der Waals surface area contributed by atoms with Crippen molar-refractivity contribution in [2.75, 3.05) is 0 Å². The Morgan fingerprint density at radius 1 is 1.29 bits per heavy atom. The van der Waals surface area contributed by atoms with Crippen LogP contribution >= 0.6 is 0 Å². The van der Waals surface area contributed by atoms with Crippen LogP contribution in [-0.4, -0.2) is 0 Å². The van der Waals surface area contributed by atoms with Gasteiger partial charge in [0.15, 0.2) is 0 Å². The molecule has 1 aromatic rings. The molecule has 0 bridgehead atoms. The maximum Gasteiger partial charge on any atom is 0.417 e. The first kappa shape index (κ1) is 10.5. The fourth-order valence-corrected chi connectivity index (χ4v) is 1.01. The van der Waals surface area contributed by atoms with Crippen molar-refractivity contribution >= 4 is 0 Å². The Bertz CT molecular complexity index is 375. The first-order valence-electron chi connectivity index (χ1n) is 3.65. The maximum absolute atomic E-state index is 12.2. The number of hydrogen-bond donors (Lipinski definition) is 0. The van der Waals surface area contributed by atoms with Crippen molar-refractivity contribution in [3.8, 4) is 6.07 Å². The van der Waals surface area contributed by atoms with E-state index >= 15 is 0 Å². The van der Waals surface area contributed by atoms with Crippen LogP contribution in [0.5, 0.6) is 0 Å². The summed E-state index contributed by atoms with van der Waals surface area (Å²) >= 11 is 0. The number of benzene rings is 1. The van der Waals surface area contributed by atoms with Crippen LogP contribution in [0.25, 0.3) is 0 Å². The van der Waals surface area contributed by atoms with Crippen LogP contribution < -0.4 is 0 Å². The van der Waals surface area contributed by atoms with Crippen LogP contribution in [0.15, 0.2) is 18.2 Å². The molecule has 74 valence electrons. The molecule has 0 saturated heterocycles. The average Bonchev–Trinajstić information content (AvgIpc) is 2.15. The zero-order valence-electron chi connectivity index (χ0n) is 6.90. The molecule has 0 heterocycles. The third-order valence-corrected chi connectivity index (χ3v) is 1.66. The highest BCUT2D eigenvalue weighted by molar-refractivity contribution is 5.42. The van der Waals surface area contributed by atoms with E-state index in [1.54, 1.807) is 0 Å². The van der Waals surface area contributed by atoms with Gasteiger partial charge in [0.1, 0.15) is 6.67 Å². The van der Waals surface area contributed by atoms with Crippen LogP contribution in [0.2, 0.25) is 0 Å². The minimum Gasteiger partial charge on any atom is -0.246 e. The molecule has 0 aliphatic rings. The van der Waals surface area contributed by atoms with E-state index in [2.05, 4.69) is 0 Å². The van der Waals surface area contributed by atoms with Gasteiger partial charge in [-0.15, -0.1) is 0 Å². The van der Waals surface area contributed by atoms with Crippen LogP contribution in [0, 0.1) is 11.3 Å². The van der Waals surface area contributed by atoms with Gasteiger partial charge in [-0.05, 0) is 17.7 Å². The van der Waals surface area contributed by atoms with E-state index in [9.17, 15) is 17.6 Å². The van der Waals surface area contributed by atoms with Gasteiger partial charge in [-0.3, -0.25) is 0 Å². The molecule has 0 fully saturated rings. The highest BCUT2D eigenvalue weighted by Gasteiger charge is 2.33. The SMILES string of the molecule is N#Cc1cc(CF)ccc1C(F)(F)F. The van der Waals surface area contributed by atoms with E-state index in [0.717, 1.165) is 12.1 Å². The fourth-order valence-electron chi connectivity index (χ4n) is 1.01. The van der Waals surface area contributed by atoms with E-state index < -0.39 is 24.0 Å². The lowest BCUT2D eigenvalue weighted by atomic mass is 10.1. The molecule has 0 unspecified atom stereocenters. The monoisotopic (exact) mass is 203 g/mol.